The molecule has 2 aromatic rings. The van der Waals surface area contributed by atoms with Gasteiger partial charge >= 0.3 is 0 Å². The highest BCUT2D eigenvalue weighted by atomic mass is 79.9. The molecule has 2 rings (SSSR count). The second-order valence-electron chi connectivity index (χ2n) is 3.92. The largest absolute Gasteiger partial charge is 0.399 e. The van der Waals surface area contributed by atoms with Crippen LogP contribution in [-0.2, 0) is 4.79 Å². The number of amides is 1. The normalized spacial score (nSPS) is 10.2. The number of hydrogen-bond donors (Lipinski definition) is 2. The van der Waals surface area contributed by atoms with Crippen LogP contribution < -0.4 is 11.1 Å². The van der Waals surface area contributed by atoms with Gasteiger partial charge in [0.2, 0.25) is 5.91 Å². The average Bonchev–Trinajstić information content (AvgIpc) is 2.39. The maximum atomic E-state index is 11.8. The Labute approximate surface area is 124 Å². The lowest BCUT2D eigenvalue weighted by atomic mass is 10.3. The number of nitrogens with two attached hydrogens (primary N) is 1. The first-order chi connectivity index (χ1) is 9.13. The summed E-state index contributed by atoms with van der Waals surface area (Å²) in [6, 6.07) is 15.0. The second kappa shape index (κ2) is 6.63. The van der Waals surface area contributed by atoms with Crippen molar-refractivity contribution in [2.45, 2.75) is 4.90 Å². The lowest BCUT2D eigenvalue weighted by Gasteiger charge is -2.05. The SMILES string of the molecule is Nc1cccc(SCC(=O)Nc2ccc(Br)cc2)c1. The smallest absolute Gasteiger partial charge is 0.234 e. The first-order valence-corrected chi connectivity index (χ1v) is 7.45. The van der Waals surface area contributed by atoms with E-state index in [9.17, 15) is 4.79 Å². The molecule has 3 N–H and O–H groups in total. The van der Waals surface area contributed by atoms with Crippen LogP contribution in [0.4, 0.5) is 11.4 Å². The van der Waals surface area contributed by atoms with Gasteiger partial charge < -0.3 is 11.1 Å². The van der Waals surface area contributed by atoms with E-state index in [1.165, 1.54) is 11.8 Å². The van der Waals surface area contributed by atoms with E-state index in [-0.39, 0.29) is 5.91 Å². The van der Waals surface area contributed by atoms with Crippen molar-refractivity contribution in [1.29, 1.82) is 0 Å². The van der Waals surface area contributed by atoms with Gasteiger partial charge in [-0.1, -0.05) is 22.0 Å². The van der Waals surface area contributed by atoms with Crippen molar-refractivity contribution in [3.63, 3.8) is 0 Å². The Hall–Kier alpha value is -1.46. The summed E-state index contributed by atoms with van der Waals surface area (Å²) >= 11 is 4.81. The summed E-state index contributed by atoms with van der Waals surface area (Å²) in [5.41, 5.74) is 7.18. The molecule has 0 unspecified atom stereocenters. The Morgan fingerprint density at radius 1 is 1.21 bits per heavy atom. The Kier molecular flexibility index (Phi) is 4.87. The number of anilines is 2. The van der Waals surface area contributed by atoms with Crippen LogP contribution in [0.1, 0.15) is 0 Å². The van der Waals surface area contributed by atoms with Crippen molar-refractivity contribution in [2.75, 3.05) is 16.8 Å². The maximum absolute atomic E-state index is 11.8. The van der Waals surface area contributed by atoms with Gasteiger partial charge in [-0.25, -0.2) is 0 Å². The van der Waals surface area contributed by atoms with Crippen LogP contribution in [0.3, 0.4) is 0 Å². The molecule has 3 nitrogen and oxygen atoms in total. The highest BCUT2D eigenvalue weighted by Crippen LogP contribution is 2.20. The first-order valence-electron chi connectivity index (χ1n) is 5.67. The van der Waals surface area contributed by atoms with E-state index in [2.05, 4.69) is 21.2 Å². The number of hydrogen-bond acceptors (Lipinski definition) is 3. The van der Waals surface area contributed by atoms with E-state index in [4.69, 9.17) is 5.73 Å². The molecular weight excluding hydrogens is 324 g/mol. The third-order valence-electron chi connectivity index (χ3n) is 2.36. The Balaban J connectivity index is 1.86. The van der Waals surface area contributed by atoms with Crippen LogP contribution >= 0.6 is 27.7 Å². The summed E-state index contributed by atoms with van der Waals surface area (Å²) in [4.78, 5) is 12.8. The summed E-state index contributed by atoms with van der Waals surface area (Å²) in [7, 11) is 0. The van der Waals surface area contributed by atoms with Gasteiger partial charge in [0.15, 0.2) is 0 Å². The van der Waals surface area contributed by atoms with Gasteiger partial charge in [-0.2, -0.15) is 0 Å². The predicted molar refractivity (Wildman–Crippen MR) is 84.4 cm³/mol. The molecule has 0 aliphatic heterocycles. The first kappa shape index (κ1) is 14.0. The lowest BCUT2D eigenvalue weighted by molar-refractivity contribution is -0.113. The molecule has 0 spiro atoms. The molecule has 1 amide bonds. The summed E-state index contributed by atoms with van der Waals surface area (Å²) in [5.74, 6) is 0.328. The summed E-state index contributed by atoms with van der Waals surface area (Å²) < 4.78 is 0.986. The van der Waals surface area contributed by atoms with Crippen LogP contribution in [0.2, 0.25) is 0 Å². The van der Waals surface area contributed by atoms with E-state index >= 15 is 0 Å². The van der Waals surface area contributed by atoms with E-state index in [1.54, 1.807) is 0 Å². The van der Waals surface area contributed by atoms with E-state index in [1.807, 2.05) is 48.5 Å². The third-order valence-corrected chi connectivity index (χ3v) is 3.88. The highest BCUT2D eigenvalue weighted by molar-refractivity contribution is 9.10. The van der Waals surface area contributed by atoms with Crippen LogP contribution in [-0.4, -0.2) is 11.7 Å². The number of nitrogen functional groups attached to an aromatic ring is 1. The predicted octanol–water partition coefficient (Wildman–Crippen LogP) is 3.76. The number of halogens is 1. The molecule has 0 radical (unpaired) electrons. The summed E-state index contributed by atoms with van der Waals surface area (Å²) in [5, 5.41) is 2.84. The quantitative estimate of drug-likeness (QED) is 0.660. The van der Waals surface area contributed by atoms with Crippen molar-refractivity contribution >= 4 is 45.0 Å². The molecule has 2 aromatic carbocycles. The van der Waals surface area contributed by atoms with Gasteiger partial charge in [-0.05, 0) is 42.5 Å². The Morgan fingerprint density at radius 3 is 2.63 bits per heavy atom. The van der Waals surface area contributed by atoms with E-state index in [0.717, 1.165) is 15.1 Å². The molecule has 0 aliphatic carbocycles. The molecule has 0 atom stereocenters. The van der Waals surface area contributed by atoms with Gasteiger partial charge in [-0.15, -0.1) is 11.8 Å². The fraction of sp³-hybridized carbons (Fsp3) is 0.0714. The number of carbonyl (C=O) groups excluding carboxylic acids is 1. The molecule has 5 heteroatoms. The minimum atomic E-state index is -0.0326. The van der Waals surface area contributed by atoms with E-state index in [0.29, 0.717) is 11.4 Å². The van der Waals surface area contributed by atoms with E-state index < -0.39 is 0 Å². The Morgan fingerprint density at radius 2 is 1.95 bits per heavy atom. The fourth-order valence-corrected chi connectivity index (χ4v) is 2.51. The molecule has 0 saturated heterocycles. The number of carbonyl (C=O) groups is 1. The number of benzene rings is 2. The van der Waals surface area contributed by atoms with Gasteiger partial charge in [0.05, 0.1) is 5.75 Å². The van der Waals surface area contributed by atoms with Crippen LogP contribution in [0, 0.1) is 0 Å². The molecule has 0 saturated carbocycles. The van der Waals surface area contributed by atoms with Gasteiger partial charge in [0.25, 0.3) is 0 Å². The number of nitrogens with one attached hydrogen (secondary N) is 1. The molecular formula is C14H13BrN2OS. The topological polar surface area (TPSA) is 55.1 Å². The minimum Gasteiger partial charge on any atom is -0.399 e. The summed E-state index contributed by atoms with van der Waals surface area (Å²) in [6.45, 7) is 0. The molecule has 0 fully saturated rings. The van der Waals surface area contributed by atoms with Gasteiger partial charge in [0.1, 0.15) is 0 Å². The zero-order valence-corrected chi connectivity index (χ0v) is 12.5. The van der Waals surface area contributed by atoms with Gasteiger partial charge in [-0.3, -0.25) is 4.79 Å². The van der Waals surface area contributed by atoms with Crippen molar-refractivity contribution in [1.82, 2.24) is 0 Å². The Bertz CT molecular complexity index is 572. The van der Waals surface area contributed by atoms with Crippen LogP contribution in [0.25, 0.3) is 0 Å². The van der Waals surface area contributed by atoms with Crippen molar-refractivity contribution in [3.05, 3.63) is 53.0 Å². The van der Waals surface area contributed by atoms with Crippen LogP contribution in [0.5, 0.6) is 0 Å². The molecule has 0 aliphatic rings. The standard InChI is InChI=1S/C14H13BrN2OS/c15-10-4-6-12(7-5-10)17-14(18)9-19-13-3-1-2-11(16)8-13/h1-8H,9,16H2,(H,17,18). The lowest BCUT2D eigenvalue weighted by Crippen LogP contribution is -2.13. The molecule has 0 heterocycles. The molecule has 0 aromatic heterocycles. The van der Waals surface area contributed by atoms with Crippen molar-refractivity contribution in [3.8, 4) is 0 Å². The average molecular weight is 337 g/mol. The highest BCUT2D eigenvalue weighted by Gasteiger charge is 2.04. The van der Waals surface area contributed by atoms with Crippen molar-refractivity contribution < 1.29 is 4.79 Å². The zero-order chi connectivity index (χ0) is 13.7. The fourth-order valence-electron chi connectivity index (χ4n) is 1.48. The maximum Gasteiger partial charge on any atom is 0.234 e. The molecule has 98 valence electrons. The second-order valence-corrected chi connectivity index (χ2v) is 5.88. The number of thioether (sulfide) groups is 1. The van der Waals surface area contributed by atoms with Gasteiger partial charge in [0, 0.05) is 20.7 Å². The van der Waals surface area contributed by atoms with Crippen LogP contribution in [0.15, 0.2) is 57.9 Å². The molecule has 0 bridgehead atoms. The zero-order valence-electron chi connectivity index (χ0n) is 10.1. The third kappa shape index (κ3) is 4.61. The summed E-state index contributed by atoms with van der Waals surface area (Å²) in [6.07, 6.45) is 0. The molecule has 19 heavy (non-hydrogen) atoms. The minimum absolute atomic E-state index is 0.0326. The number of rotatable bonds is 4. The van der Waals surface area contributed by atoms with Crippen molar-refractivity contribution in [2.24, 2.45) is 0 Å². The monoisotopic (exact) mass is 336 g/mol.